The average molecular weight is 445 g/mol. The van der Waals surface area contributed by atoms with Crippen LogP contribution in [0.1, 0.15) is 41.6 Å². The van der Waals surface area contributed by atoms with Gasteiger partial charge in [0.05, 0.1) is 20.1 Å². The van der Waals surface area contributed by atoms with Crippen molar-refractivity contribution in [1.82, 2.24) is 10.2 Å². The fourth-order valence-electron chi connectivity index (χ4n) is 4.08. The maximum Gasteiger partial charge on any atom is 0.253 e. The first-order valence-electron chi connectivity index (χ1n) is 10.5. The fraction of sp³-hybridized carbons (Fsp3) is 0.417. The molecular formula is C24H29ClN2O4. The molecule has 1 heterocycles. The molecule has 2 aromatic carbocycles. The van der Waals surface area contributed by atoms with Crippen molar-refractivity contribution in [1.29, 1.82) is 0 Å². The summed E-state index contributed by atoms with van der Waals surface area (Å²) in [6, 6.07) is 12.5. The van der Waals surface area contributed by atoms with Gasteiger partial charge in [0.15, 0.2) is 11.5 Å². The van der Waals surface area contributed by atoms with Crippen LogP contribution < -0.4 is 14.8 Å². The molecule has 1 saturated heterocycles. The molecule has 6 nitrogen and oxygen atoms in total. The fourth-order valence-corrected chi connectivity index (χ4v) is 4.27. The third-order valence-corrected chi connectivity index (χ3v) is 5.91. The molecule has 2 atom stereocenters. The lowest BCUT2D eigenvalue weighted by atomic mass is 9.87. The van der Waals surface area contributed by atoms with Gasteiger partial charge < -0.3 is 19.7 Å². The number of amides is 2. The van der Waals surface area contributed by atoms with Crippen molar-refractivity contribution in [2.24, 2.45) is 5.92 Å². The molecule has 1 N–H and O–H groups in total. The van der Waals surface area contributed by atoms with Crippen molar-refractivity contribution in [2.75, 3.05) is 33.9 Å². The van der Waals surface area contributed by atoms with Gasteiger partial charge in [-0.3, -0.25) is 9.59 Å². The van der Waals surface area contributed by atoms with Crippen LogP contribution >= 0.6 is 11.6 Å². The number of rotatable bonds is 8. The van der Waals surface area contributed by atoms with E-state index in [1.54, 1.807) is 43.4 Å². The van der Waals surface area contributed by atoms with Crippen molar-refractivity contribution in [2.45, 2.75) is 25.7 Å². The number of benzene rings is 2. The smallest absolute Gasteiger partial charge is 0.253 e. The van der Waals surface area contributed by atoms with Gasteiger partial charge in [-0.15, -0.1) is 0 Å². The Hall–Kier alpha value is -2.73. The van der Waals surface area contributed by atoms with E-state index in [4.69, 9.17) is 21.1 Å². The standard InChI is InChI=1S/C24H29ClN2O4/c1-4-5-12-26-23(28)20-15-27(24(29)16-8-6-9-17(25)13-16)14-19(20)18-10-7-11-21(30-2)22(18)31-3/h6-11,13,19-20H,4-5,12,14-15H2,1-3H3,(H,26,28)/t19-,20-/m0/s1. The molecule has 0 spiro atoms. The van der Waals surface area contributed by atoms with Gasteiger partial charge in [0.25, 0.3) is 5.91 Å². The summed E-state index contributed by atoms with van der Waals surface area (Å²) in [5.74, 6) is 0.405. The van der Waals surface area contributed by atoms with Gasteiger partial charge in [-0.1, -0.05) is 43.1 Å². The molecule has 1 fully saturated rings. The van der Waals surface area contributed by atoms with Crippen LogP contribution in [0.4, 0.5) is 0 Å². The van der Waals surface area contributed by atoms with E-state index in [0.717, 1.165) is 18.4 Å². The Bertz CT molecular complexity index is 934. The maximum absolute atomic E-state index is 13.2. The second-order valence-corrected chi connectivity index (χ2v) is 8.10. The number of ether oxygens (including phenoxy) is 2. The lowest BCUT2D eigenvalue weighted by Gasteiger charge is -2.21. The normalized spacial score (nSPS) is 18.0. The summed E-state index contributed by atoms with van der Waals surface area (Å²) >= 11 is 6.08. The van der Waals surface area contributed by atoms with Gasteiger partial charge in [-0.2, -0.15) is 0 Å². The van der Waals surface area contributed by atoms with E-state index >= 15 is 0 Å². The Morgan fingerprint density at radius 2 is 1.90 bits per heavy atom. The van der Waals surface area contributed by atoms with Crippen LogP contribution in [-0.4, -0.2) is 50.6 Å². The highest BCUT2D eigenvalue weighted by atomic mass is 35.5. The zero-order valence-corrected chi connectivity index (χ0v) is 18.9. The van der Waals surface area contributed by atoms with E-state index in [0.29, 0.717) is 41.7 Å². The first-order valence-corrected chi connectivity index (χ1v) is 10.9. The predicted octanol–water partition coefficient (Wildman–Crippen LogP) is 4.13. The Morgan fingerprint density at radius 1 is 1.13 bits per heavy atom. The van der Waals surface area contributed by atoms with E-state index in [9.17, 15) is 9.59 Å². The second kappa shape index (κ2) is 10.5. The molecule has 0 saturated carbocycles. The minimum atomic E-state index is -0.388. The summed E-state index contributed by atoms with van der Waals surface area (Å²) in [5.41, 5.74) is 1.37. The monoisotopic (exact) mass is 444 g/mol. The van der Waals surface area contributed by atoms with E-state index in [-0.39, 0.29) is 23.7 Å². The molecule has 3 rings (SSSR count). The Balaban J connectivity index is 1.93. The van der Waals surface area contributed by atoms with E-state index in [1.165, 1.54) is 0 Å². The largest absolute Gasteiger partial charge is 0.493 e. The summed E-state index contributed by atoms with van der Waals surface area (Å²) in [5, 5.41) is 3.53. The van der Waals surface area contributed by atoms with Crippen LogP contribution in [0, 0.1) is 5.92 Å². The summed E-state index contributed by atoms with van der Waals surface area (Å²) in [7, 11) is 3.17. The van der Waals surface area contributed by atoms with Crippen molar-refractivity contribution in [3.8, 4) is 11.5 Å². The SMILES string of the molecule is CCCCNC(=O)[C@H]1CN(C(=O)c2cccc(Cl)c2)C[C@H]1c1cccc(OC)c1OC. The zero-order chi connectivity index (χ0) is 22.4. The molecule has 1 aliphatic rings. The first-order chi connectivity index (χ1) is 15.0. The molecule has 1 aliphatic heterocycles. The van der Waals surface area contributed by atoms with Crippen LogP contribution in [0.5, 0.6) is 11.5 Å². The van der Waals surface area contributed by atoms with Crippen LogP contribution in [-0.2, 0) is 4.79 Å². The third kappa shape index (κ3) is 5.13. The van der Waals surface area contributed by atoms with Gasteiger partial charge in [0.1, 0.15) is 0 Å². The molecule has 0 unspecified atom stereocenters. The number of carbonyl (C=O) groups excluding carboxylic acids is 2. The lowest BCUT2D eigenvalue weighted by molar-refractivity contribution is -0.124. The minimum Gasteiger partial charge on any atom is -0.493 e. The van der Waals surface area contributed by atoms with Gasteiger partial charge in [-0.25, -0.2) is 0 Å². The van der Waals surface area contributed by atoms with Crippen molar-refractivity contribution in [3.05, 3.63) is 58.6 Å². The highest BCUT2D eigenvalue weighted by Crippen LogP contribution is 2.42. The maximum atomic E-state index is 13.2. The molecule has 0 aromatic heterocycles. The number of hydrogen-bond acceptors (Lipinski definition) is 4. The Labute approximate surface area is 188 Å². The van der Waals surface area contributed by atoms with Gasteiger partial charge in [-0.05, 0) is 30.7 Å². The van der Waals surface area contributed by atoms with Crippen molar-refractivity contribution < 1.29 is 19.1 Å². The zero-order valence-electron chi connectivity index (χ0n) is 18.2. The number of para-hydroxylation sites is 1. The van der Waals surface area contributed by atoms with E-state index in [1.807, 2.05) is 18.2 Å². The van der Waals surface area contributed by atoms with Crippen molar-refractivity contribution in [3.63, 3.8) is 0 Å². The average Bonchev–Trinajstić information content (AvgIpc) is 3.23. The molecule has 0 aliphatic carbocycles. The predicted molar refractivity (Wildman–Crippen MR) is 121 cm³/mol. The minimum absolute atomic E-state index is 0.0512. The number of hydrogen-bond donors (Lipinski definition) is 1. The molecule has 0 radical (unpaired) electrons. The van der Waals surface area contributed by atoms with E-state index < -0.39 is 0 Å². The van der Waals surface area contributed by atoms with Crippen LogP contribution in [0.2, 0.25) is 5.02 Å². The first kappa shape index (κ1) is 22.9. The van der Waals surface area contributed by atoms with E-state index in [2.05, 4.69) is 12.2 Å². The second-order valence-electron chi connectivity index (χ2n) is 7.66. The third-order valence-electron chi connectivity index (χ3n) is 5.68. The Kier molecular flexibility index (Phi) is 7.80. The molecule has 0 bridgehead atoms. The number of nitrogens with zero attached hydrogens (tertiary/aromatic N) is 1. The summed E-state index contributed by atoms with van der Waals surface area (Å²) in [6.45, 7) is 3.43. The molecule has 7 heteroatoms. The Morgan fingerprint density at radius 3 is 2.58 bits per heavy atom. The lowest BCUT2D eigenvalue weighted by Crippen LogP contribution is -2.36. The van der Waals surface area contributed by atoms with Crippen LogP contribution in [0.15, 0.2) is 42.5 Å². The van der Waals surface area contributed by atoms with Gasteiger partial charge >= 0.3 is 0 Å². The van der Waals surface area contributed by atoms with Crippen molar-refractivity contribution >= 4 is 23.4 Å². The number of nitrogens with one attached hydrogen (secondary N) is 1. The number of unbranched alkanes of at least 4 members (excludes halogenated alkanes) is 1. The highest BCUT2D eigenvalue weighted by molar-refractivity contribution is 6.30. The summed E-state index contributed by atoms with van der Waals surface area (Å²) in [6.07, 6.45) is 1.91. The molecule has 166 valence electrons. The highest BCUT2D eigenvalue weighted by Gasteiger charge is 2.42. The topological polar surface area (TPSA) is 67.9 Å². The van der Waals surface area contributed by atoms with Crippen LogP contribution in [0.25, 0.3) is 0 Å². The van der Waals surface area contributed by atoms with Gasteiger partial charge in [0.2, 0.25) is 5.91 Å². The number of likely N-dealkylation sites (tertiary alicyclic amines) is 1. The number of halogens is 1. The quantitative estimate of drug-likeness (QED) is 0.621. The molecule has 31 heavy (non-hydrogen) atoms. The van der Waals surface area contributed by atoms with Gasteiger partial charge in [0, 0.05) is 41.7 Å². The molecular weight excluding hydrogens is 416 g/mol. The number of methoxy groups -OCH3 is 2. The molecule has 2 aromatic rings. The molecule has 2 amide bonds. The number of carbonyl (C=O) groups is 2. The summed E-state index contributed by atoms with van der Waals surface area (Å²) < 4.78 is 11.1. The van der Waals surface area contributed by atoms with Crippen LogP contribution in [0.3, 0.4) is 0 Å². The summed E-state index contributed by atoms with van der Waals surface area (Å²) in [4.78, 5) is 28.0.